The summed E-state index contributed by atoms with van der Waals surface area (Å²) in [6, 6.07) is 1.50. The Balaban J connectivity index is 2.38. The van der Waals surface area contributed by atoms with Crippen molar-refractivity contribution in [2.75, 3.05) is 13.1 Å². The van der Waals surface area contributed by atoms with E-state index in [2.05, 4.69) is 27.8 Å². The number of piperidine rings is 1. The molecule has 0 aromatic carbocycles. The second-order valence-electron chi connectivity index (χ2n) is 4.55. The molecule has 2 rings (SSSR count). The fourth-order valence-corrected chi connectivity index (χ4v) is 4.61. The Bertz CT molecular complexity index is 550. The highest BCUT2D eigenvalue weighted by molar-refractivity contribution is 9.10. The van der Waals surface area contributed by atoms with Gasteiger partial charge in [0, 0.05) is 23.8 Å². The summed E-state index contributed by atoms with van der Waals surface area (Å²) in [7, 11) is -3.54. The number of hydrogen-bond acceptors (Lipinski definition) is 3. The summed E-state index contributed by atoms with van der Waals surface area (Å²) in [5.41, 5.74) is 0. The van der Waals surface area contributed by atoms with Crippen LogP contribution in [0.15, 0.2) is 21.6 Å². The average molecular weight is 354 g/mol. The summed E-state index contributed by atoms with van der Waals surface area (Å²) in [5, 5.41) is 0.0245. The van der Waals surface area contributed by atoms with E-state index in [1.54, 1.807) is 0 Å². The minimum atomic E-state index is -3.54. The van der Waals surface area contributed by atoms with Gasteiger partial charge in [-0.15, -0.1) is 0 Å². The lowest BCUT2D eigenvalue weighted by Gasteiger charge is -2.30. The van der Waals surface area contributed by atoms with Crippen LogP contribution >= 0.6 is 27.5 Å². The van der Waals surface area contributed by atoms with Crippen LogP contribution in [0.2, 0.25) is 5.15 Å². The number of sulfonamides is 1. The molecule has 0 spiro atoms. The van der Waals surface area contributed by atoms with Crippen LogP contribution in [0.25, 0.3) is 0 Å². The van der Waals surface area contributed by atoms with E-state index in [-0.39, 0.29) is 10.0 Å². The van der Waals surface area contributed by atoms with Crippen LogP contribution in [0.1, 0.15) is 19.8 Å². The van der Waals surface area contributed by atoms with Crippen LogP contribution in [-0.4, -0.2) is 30.8 Å². The first kappa shape index (κ1) is 14.2. The molecular weight excluding hydrogens is 340 g/mol. The Labute approximate surface area is 121 Å². The zero-order valence-electron chi connectivity index (χ0n) is 9.94. The number of hydrogen-bond donors (Lipinski definition) is 0. The molecule has 4 nitrogen and oxygen atoms in total. The normalized spacial score (nSPS) is 22.1. The van der Waals surface area contributed by atoms with Crippen molar-refractivity contribution >= 4 is 37.6 Å². The lowest BCUT2D eigenvalue weighted by Crippen LogP contribution is -2.39. The summed E-state index contributed by atoms with van der Waals surface area (Å²) in [4.78, 5) is 3.95. The van der Waals surface area contributed by atoms with Gasteiger partial charge >= 0.3 is 0 Å². The molecule has 0 saturated carbocycles. The van der Waals surface area contributed by atoms with E-state index in [1.165, 1.54) is 16.6 Å². The average Bonchev–Trinajstić information content (AvgIpc) is 2.32. The lowest BCUT2D eigenvalue weighted by molar-refractivity contribution is 0.281. The topological polar surface area (TPSA) is 50.3 Å². The Morgan fingerprint density at radius 1 is 1.56 bits per heavy atom. The highest BCUT2D eigenvalue weighted by Gasteiger charge is 2.30. The van der Waals surface area contributed by atoms with Crippen molar-refractivity contribution in [1.29, 1.82) is 0 Å². The van der Waals surface area contributed by atoms with Gasteiger partial charge in [-0.2, -0.15) is 4.31 Å². The van der Waals surface area contributed by atoms with Gasteiger partial charge in [0.25, 0.3) is 0 Å². The SMILES string of the molecule is CC1CCCN(S(=O)(=O)c2cc(Br)cnc2Cl)C1. The summed E-state index contributed by atoms with van der Waals surface area (Å²) >= 11 is 9.12. The van der Waals surface area contributed by atoms with Crippen molar-refractivity contribution in [3.05, 3.63) is 21.9 Å². The summed E-state index contributed by atoms with van der Waals surface area (Å²) in [6.45, 7) is 3.16. The molecule has 0 amide bonds. The van der Waals surface area contributed by atoms with Gasteiger partial charge in [0.05, 0.1) is 0 Å². The van der Waals surface area contributed by atoms with Crippen LogP contribution in [0.4, 0.5) is 0 Å². The first-order valence-corrected chi connectivity index (χ1v) is 8.33. The quantitative estimate of drug-likeness (QED) is 0.768. The molecule has 1 aromatic rings. The molecule has 1 aliphatic rings. The predicted octanol–water partition coefficient (Wildman–Crippen LogP) is 2.92. The van der Waals surface area contributed by atoms with Crippen molar-refractivity contribution in [2.45, 2.75) is 24.7 Å². The van der Waals surface area contributed by atoms with Crippen molar-refractivity contribution in [3.63, 3.8) is 0 Å². The van der Waals surface area contributed by atoms with Crippen LogP contribution < -0.4 is 0 Å². The van der Waals surface area contributed by atoms with E-state index < -0.39 is 10.0 Å². The molecule has 1 saturated heterocycles. The van der Waals surface area contributed by atoms with Crippen molar-refractivity contribution < 1.29 is 8.42 Å². The lowest BCUT2D eigenvalue weighted by atomic mass is 10.0. The Morgan fingerprint density at radius 3 is 2.94 bits per heavy atom. The largest absolute Gasteiger partial charge is 0.246 e. The molecule has 7 heteroatoms. The van der Waals surface area contributed by atoms with Crippen molar-refractivity contribution in [1.82, 2.24) is 9.29 Å². The Hall–Kier alpha value is -0.170. The van der Waals surface area contributed by atoms with Crippen molar-refractivity contribution in [3.8, 4) is 0 Å². The third-order valence-corrected chi connectivity index (χ3v) is 5.74. The van der Waals surface area contributed by atoms with E-state index >= 15 is 0 Å². The highest BCUT2D eigenvalue weighted by Crippen LogP contribution is 2.28. The maximum absolute atomic E-state index is 12.5. The van der Waals surface area contributed by atoms with Crippen LogP contribution in [0, 0.1) is 5.92 Å². The van der Waals surface area contributed by atoms with Crippen molar-refractivity contribution in [2.24, 2.45) is 5.92 Å². The molecule has 1 fully saturated rings. The molecule has 0 bridgehead atoms. The van der Waals surface area contributed by atoms with E-state index in [0.29, 0.717) is 23.5 Å². The predicted molar refractivity (Wildman–Crippen MR) is 74.1 cm³/mol. The third-order valence-electron chi connectivity index (χ3n) is 3.01. The van der Waals surface area contributed by atoms with E-state index in [4.69, 9.17) is 11.6 Å². The summed E-state index contributed by atoms with van der Waals surface area (Å²) in [5.74, 6) is 0.382. The minimum absolute atomic E-state index is 0.0245. The zero-order valence-corrected chi connectivity index (χ0v) is 13.1. The van der Waals surface area contributed by atoms with Gasteiger partial charge in [0.1, 0.15) is 10.0 Å². The number of aromatic nitrogens is 1. The van der Waals surface area contributed by atoms with Gasteiger partial charge in [-0.25, -0.2) is 13.4 Å². The van der Waals surface area contributed by atoms with Crippen LogP contribution in [-0.2, 0) is 10.0 Å². The second kappa shape index (κ2) is 5.45. The molecule has 1 aromatic heterocycles. The first-order chi connectivity index (χ1) is 8.41. The fraction of sp³-hybridized carbons (Fsp3) is 0.545. The number of nitrogens with zero attached hydrogens (tertiary/aromatic N) is 2. The van der Waals surface area contributed by atoms with Crippen LogP contribution in [0.5, 0.6) is 0 Å². The number of halogens is 2. The highest BCUT2D eigenvalue weighted by atomic mass is 79.9. The molecular formula is C11H14BrClN2O2S. The molecule has 18 heavy (non-hydrogen) atoms. The van der Waals surface area contributed by atoms with E-state index in [9.17, 15) is 8.42 Å². The summed E-state index contributed by atoms with van der Waals surface area (Å²) < 4.78 is 27.1. The standard InChI is InChI=1S/C11H14BrClN2O2S/c1-8-3-2-4-15(7-8)18(16,17)10-5-9(12)6-14-11(10)13/h5-6,8H,2-4,7H2,1H3. The molecule has 1 unspecified atom stereocenters. The monoisotopic (exact) mass is 352 g/mol. The molecule has 0 aliphatic carbocycles. The molecule has 1 atom stereocenters. The zero-order chi connectivity index (χ0) is 13.3. The van der Waals surface area contributed by atoms with Gasteiger partial charge in [0.15, 0.2) is 0 Å². The number of rotatable bonds is 2. The van der Waals surface area contributed by atoms with Gasteiger partial charge in [-0.3, -0.25) is 0 Å². The maximum atomic E-state index is 12.5. The molecule has 2 heterocycles. The van der Waals surface area contributed by atoms with Gasteiger partial charge in [-0.05, 0) is 40.8 Å². The molecule has 1 aliphatic heterocycles. The molecule has 0 radical (unpaired) electrons. The van der Waals surface area contributed by atoms with Gasteiger partial charge in [0.2, 0.25) is 10.0 Å². The Morgan fingerprint density at radius 2 is 2.28 bits per heavy atom. The Kier molecular flexibility index (Phi) is 4.31. The fourth-order valence-electron chi connectivity index (χ4n) is 2.09. The molecule has 0 N–H and O–H groups in total. The molecule has 100 valence electrons. The van der Waals surface area contributed by atoms with Crippen LogP contribution in [0.3, 0.4) is 0 Å². The maximum Gasteiger partial charge on any atom is 0.246 e. The van der Waals surface area contributed by atoms with Gasteiger partial charge < -0.3 is 0 Å². The first-order valence-electron chi connectivity index (χ1n) is 5.72. The van der Waals surface area contributed by atoms with E-state index in [0.717, 1.165) is 12.8 Å². The summed E-state index contributed by atoms with van der Waals surface area (Å²) in [6.07, 6.45) is 3.44. The van der Waals surface area contributed by atoms with E-state index in [1.807, 2.05) is 0 Å². The third kappa shape index (κ3) is 2.87. The minimum Gasteiger partial charge on any atom is -0.242 e. The van der Waals surface area contributed by atoms with Gasteiger partial charge in [-0.1, -0.05) is 18.5 Å². The number of pyridine rings is 1. The smallest absolute Gasteiger partial charge is 0.242 e. The second-order valence-corrected chi connectivity index (χ2v) is 7.73.